The van der Waals surface area contributed by atoms with E-state index in [2.05, 4.69) is 46.7 Å². The Morgan fingerprint density at radius 1 is 0.968 bits per heavy atom. The fourth-order valence-corrected chi connectivity index (χ4v) is 6.77. The third-order valence-electron chi connectivity index (χ3n) is 8.58. The first-order valence-electron chi connectivity index (χ1n) is 12.9. The molecule has 0 spiro atoms. The van der Waals surface area contributed by atoms with Gasteiger partial charge in [-0.2, -0.15) is 0 Å². The van der Waals surface area contributed by atoms with Crippen LogP contribution in [0.2, 0.25) is 0 Å². The van der Waals surface area contributed by atoms with Crippen molar-refractivity contribution < 1.29 is 4.79 Å². The third-order valence-corrected chi connectivity index (χ3v) is 8.58. The van der Waals surface area contributed by atoms with Crippen LogP contribution in [0.25, 0.3) is 0 Å². The molecular formula is C27H41N3O. The van der Waals surface area contributed by atoms with Crippen molar-refractivity contribution in [2.75, 3.05) is 37.6 Å². The summed E-state index contributed by atoms with van der Waals surface area (Å²) in [6, 6.07) is 7.93. The molecule has 0 unspecified atom stereocenters. The predicted octanol–water partition coefficient (Wildman–Crippen LogP) is 4.95. The average Bonchev–Trinajstić information content (AvgIpc) is 3.47. The molecule has 1 saturated heterocycles. The molecule has 2 aliphatic heterocycles. The summed E-state index contributed by atoms with van der Waals surface area (Å²) >= 11 is 0. The van der Waals surface area contributed by atoms with Crippen molar-refractivity contribution in [3.63, 3.8) is 0 Å². The van der Waals surface area contributed by atoms with Crippen molar-refractivity contribution in [2.24, 2.45) is 5.92 Å². The minimum absolute atomic E-state index is 0.0264. The zero-order valence-electron chi connectivity index (χ0n) is 19.7. The first kappa shape index (κ1) is 21.3. The topological polar surface area (TPSA) is 26.8 Å². The fourth-order valence-electron chi connectivity index (χ4n) is 6.77. The number of nitrogens with zero attached hydrogens (tertiary/aromatic N) is 3. The van der Waals surface area contributed by atoms with Crippen molar-refractivity contribution in [1.29, 1.82) is 0 Å². The highest BCUT2D eigenvalue weighted by Crippen LogP contribution is 2.37. The van der Waals surface area contributed by atoms with Gasteiger partial charge in [0.05, 0.1) is 0 Å². The largest absolute Gasteiger partial charge is 0.369 e. The summed E-state index contributed by atoms with van der Waals surface area (Å²) in [4.78, 5) is 20.6. The number of carbonyl (C=O) groups is 1. The number of piperazine rings is 1. The molecule has 1 aromatic rings. The van der Waals surface area contributed by atoms with E-state index < -0.39 is 0 Å². The Balaban J connectivity index is 1.27. The normalized spacial score (nSPS) is 25.2. The number of amides is 1. The molecule has 2 heterocycles. The maximum atomic E-state index is 13.1. The van der Waals surface area contributed by atoms with Gasteiger partial charge < -0.3 is 9.80 Å². The van der Waals surface area contributed by atoms with E-state index in [4.69, 9.17) is 0 Å². The maximum absolute atomic E-state index is 13.1. The van der Waals surface area contributed by atoms with Crippen molar-refractivity contribution in [2.45, 2.75) is 89.6 Å². The lowest BCUT2D eigenvalue weighted by atomic mass is 9.78. The maximum Gasteiger partial charge on any atom is 0.223 e. The van der Waals surface area contributed by atoms with E-state index in [0.717, 1.165) is 38.6 Å². The van der Waals surface area contributed by atoms with Gasteiger partial charge in [0.1, 0.15) is 0 Å². The molecule has 31 heavy (non-hydrogen) atoms. The highest BCUT2D eigenvalue weighted by atomic mass is 16.2. The number of hydrogen-bond donors (Lipinski definition) is 0. The molecule has 3 fully saturated rings. The summed E-state index contributed by atoms with van der Waals surface area (Å²) < 4.78 is 0. The van der Waals surface area contributed by atoms with Gasteiger partial charge in [-0.05, 0) is 54.9 Å². The zero-order valence-corrected chi connectivity index (χ0v) is 19.7. The number of rotatable bonds is 4. The lowest BCUT2D eigenvalue weighted by Crippen LogP contribution is -2.50. The Morgan fingerprint density at radius 3 is 2.35 bits per heavy atom. The van der Waals surface area contributed by atoms with Crippen LogP contribution in [0.15, 0.2) is 18.2 Å². The Bertz CT molecular complexity index is 784. The first-order valence-corrected chi connectivity index (χ1v) is 12.9. The van der Waals surface area contributed by atoms with Gasteiger partial charge in [0, 0.05) is 62.8 Å². The highest BCUT2D eigenvalue weighted by Gasteiger charge is 2.35. The number of benzene rings is 1. The van der Waals surface area contributed by atoms with Gasteiger partial charge in [-0.3, -0.25) is 9.69 Å². The number of hydrogen-bond acceptors (Lipinski definition) is 3. The van der Waals surface area contributed by atoms with Crippen LogP contribution in [-0.4, -0.2) is 54.5 Å². The zero-order chi connectivity index (χ0) is 21.4. The van der Waals surface area contributed by atoms with Gasteiger partial charge in [0.2, 0.25) is 5.91 Å². The lowest BCUT2D eigenvalue weighted by Gasteiger charge is -2.42. The molecule has 0 N–H and O–H groups in total. The molecule has 4 heteroatoms. The molecule has 2 saturated carbocycles. The van der Waals surface area contributed by atoms with E-state index in [1.165, 1.54) is 81.3 Å². The highest BCUT2D eigenvalue weighted by molar-refractivity contribution is 5.77. The summed E-state index contributed by atoms with van der Waals surface area (Å²) in [7, 11) is 0. The van der Waals surface area contributed by atoms with Gasteiger partial charge in [-0.15, -0.1) is 0 Å². The first-order chi connectivity index (χ1) is 15.0. The molecule has 4 aliphatic rings. The molecule has 1 amide bonds. The molecule has 1 aromatic carbocycles. The van der Waals surface area contributed by atoms with Crippen LogP contribution >= 0.6 is 0 Å². The second kappa shape index (κ2) is 8.77. The van der Waals surface area contributed by atoms with Crippen molar-refractivity contribution in [1.82, 2.24) is 9.80 Å². The summed E-state index contributed by atoms with van der Waals surface area (Å²) in [5, 5.41) is 0. The van der Waals surface area contributed by atoms with Crippen LogP contribution in [0.4, 0.5) is 5.69 Å². The van der Waals surface area contributed by atoms with Crippen LogP contribution in [0, 0.1) is 5.92 Å². The van der Waals surface area contributed by atoms with Crippen molar-refractivity contribution in [3.05, 3.63) is 29.3 Å². The summed E-state index contributed by atoms with van der Waals surface area (Å²) in [5.74, 6) is 1.00. The van der Waals surface area contributed by atoms with Crippen LogP contribution < -0.4 is 4.90 Å². The second-order valence-electron chi connectivity index (χ2n) is 11.3. The molecule has 0 atom stereocenters. The molecule has 4 nitrogen and oxygen atoms in total. The standard InChI is InChI=1S/C27H41N3O/c1-27(2)20-30(26(31)17-21-7-3-4-8-21)19-22-18-24(11-12-25(22)27)29-15-13-28(14-16-29)23-9-5-6-10-23/h11-12,18,21,23H,3-10,13-17,19-20H2,1-2H3. The van der Waals surface area contributed by atoms with E-state index in [0.29, 0.717) is 11.8 Å². The van der Waals surface area contributed by atoms with Gasteiger partial charge in [-0.25, -0.2) is 0 Å². The van der Waals surface area contributed by atoms with Crippen LogP contribution in [-0.2, 0) is 16.8 Å². The second-order valence-corrected chi connectivity index (χ2v) is 11.3. The molecule has 5 rings (SSSR count). The van der Waals surface area contributed by atoms with Gasteiger partial charge in [0.25, 0.3) is 0 Å². The van der Waals surface area contributed by atoms with E-state index in [1.807, 2.05) is 0 Å². The number of carbonyl (C=O) groups excluding carboxylic acids is 1. The summed E-state index contributed by atoms with van der Waals surface area (Å²) in [6.07, 6.45) is 11.5. The minimum atomic E-state index is 0.0264. The van der Waals surface area contributed by atoms with E-state index in [-0.39, 0.29) is 5.41 Å². The van der Waals surface area contributed by atoms with Crippen molar-refractivity contribution >= 4 is 11.6 Å². The van der Waals surface area contributed by atoms with E-state index in [1.54, 1.807) is 0 Å². The van der Waals surface area contributed by atoms with Gasteiger partial charge in [-0.1, -0.05) is 45.6 Å². The van der Waals surface area contributed by atoms with Gasteiger partial charge >= 0.3 is 0 Å². The Hall–Kier alpha value is -1.55. The quantitative estimate of drug-likeness (QED) is 0.685. The monoisotopic (exact) mass is 423 g/mol. The van der Waals surface area contributed by atoms with Crippen LogP contribution in [0.5, 0.6) is 0 Å². The summed E-state index contributed by atoms with van der Waals surface area (Å²) in [6.45, 7) is 10.9. The number of anilines is 1. The Kier molecular flexibility index (Phi) is 6.02. The predicted molar refractivity (Wildman–Crippen MR) is 128 cm³/mol. The minimum Gasteiger partial charge on any atom is -0.369 e. The third kappa shape index (κ3) is 4.51. The fraction of sp³-hybridized carbons (Fsp3) is 0.741. The van der Waals surface area contributed by atoms with E-state index in [9.17, 15) is 4.79 Å². The SMILES string of the molecule is CC1(C)CN(C(=O)CC2CCCC2)Cc2cc(N3CCN(C4CCCC4)CC3)ccc21. The van der Waals surface area contributed by atoms with Crippen molar-refractivity contribution in [3.8, 4) is 0 Å². The average molecular weight is 424 g/mol. The van der Waals surface area contributed by atoms with Gasteiger partial charge in [0.15, 0.2) is 0 Å². The molecular weight excluding hydrogens is 382 g/mol. The Morgan fingerprint density at radius 2 is 1.65 bits per heavy atom. The van der Waals surface area contributed by atoms with E-state index >= 15 is 0 Å². The molecule has 170 valence electrons. The summed E-state index contributed by atoms with van der Waals surface area (Å²) in [5.41, 5.74) is 4.18. The molecule has 0 radical (unpaired) electrons. The lowest BCUT2D eigenvalue weighted by molar-refractivity contribution is -0.134. The molecule has 0 bridgehead atoms. The van der Waals surface area contributed by atoms with Crippen LogP contribution in [0.3, 0.4) is 0 Å². The molecule has 0 aromatic heterocycles. The number of fused-ring (bicyclic) bond motifs is 1. The van der Waals surface area contributed by atoms with Crippen LogP contribution in [0.1, 0.15) is 82.8 Å². The Labute approximate surface area is 189 Å². The molecule has 2 aliphatic carbocycles. The smallest absolute Gasteiger partial charge is 0.223 e.